The third-order valence-electron chi connectivity index (χ3n) is 3.23. The van der Waals surface area contributed by atoms with E-state index in [4.69, 9.17) is 0 Å². The zero-order valence-electron chi connectivity index (χ0n) is 10.1. The third-order valence-corrected chi connectivity index (χ3v) is 3.23. The second-order valence-electron chi connectivity index (χ2n) is 4.67. The van der Waals surface area contributed by atoms with Gasteiger partial charge in [-0.1, -0.05) is 26.7 Å². The SMILES string of the molecule is CCC(CC)CN(C)CCNC1CC1. The molecule has 0 atom stereocenters. The molecular formula is C12H26N2. The van der Waals surface area contributed by atoms with Crippen molar-refractivity contribution in [2.75, 3.05) is 26.7 Å². The van der Waals surface area contributed by atoms with Crippen molar-refractivity contribution in [2.45, 2.75) is 45.6 Å². The van der Waals surface area contributed by atoms with Crippen molar-refractivity contribution in [3.63, 3.8) is 0 Å². The molecule has 0 amide bonds. The van der Waals surface area contributed by atoms with E-state index in [-0.39, 0.29) is 0 Å². The molecule has 1 aliphatic carbocycles. The van der Waals surface area contributed by atoms with E-state index in [1.807, 2.05) is 0 Å². The average Bonchev–Trinajstić information content (AvgIpc) is 2.98. The van der Waals surface area contributed by atoms with Crippen molar-refractivity contribution in [3.8, 4) is 0 Å². The summed E-state index contributed by atoms with van der Waals surface area (Å²) in [6.45, 7) is 8.22. The first kappa shape index (κ1) is 12.0. The molecule has 1 saturated carbocycles. The van der Waals surface area contributed by atoms with Crippen molar-refractivity contribution in [1.82, 2.24) is 10.2 Å². The van der Waals surface area contributed by atoms with E-state index >= 15 is 0 Å². The molecule has 0 aliphatic heterocycles. The van der Waals surface area contributed by atoms with Crippen molar-refractivity contribution >= 4 is 0 Å². The maximum atomic E-state index is 3.56. The van der Waals surface area contributed by atoms with Crippen molar-refractivity contribution in [2.24, 2.45) is 5.92 Å². The fourth-order valence-electron chi connectivity index (χ4n) is 1.83. The van der Waals surface area contributed by atoms with E-state index in [0.717, 1.165) is 12.0 Å². The molecule has 84 valence electrons. The summed E-state index contributed by atoms with van der Waals surface area (Å²) in [4.78, 5) is 2.47. The Balaban J connectivity index is 1.98. The molecule has 0 aromatic carbocycles. The normalized spacial score (nSPS) is 16.9. The van der Waals surface area contributed by atoms with Crippen LogP contribution in [-0.4, -0.2) is 37.6 Å². The van der Waals surface area contributed by atoms with Gasteiger partial charge in [-0.05, 0) is 25.8 Å². The third kappa shape index (κ3) is 4.97. The number of nitrogens with zero attached hydrogens (tertiary/aromatic N) is 1. The first-order valence-electron chi connectivity index (χ1n) is 6.18. The molecule has 0 saturated heterocycles. The summed E-state index contributed by atoms with van der Waals surface area (Å²) in [7, 11) is 2.24. The van der Waals surface area contributed by atoms with Gasteiger partial charge >= 0.3 is 0 Å². The first-order valence-corrected chi connectivity index (χ1v) is 6.18. The standard InChI is InChI=1S/C12H26N2/c1-4-11(5-2)10-14(3)9-8-13-12-6-7-12/h11-13H,4-10H2,1-3H3. The van der Waals surface area contributed by atoms with E-state index in [1.165, 1.54) is 45.3 Å². The van der Waals surface area contributed by atoms with Crippen LogP contribution in [0.4, 0.5) is 0 Å². The Morgan fingerprint density at radius 3 is 2.43 bits per heavy atom. The van der Waals surface area contributed by atoms with E-state index < -0.39 is 0 Å². The minimum Gasteiger partial charge on any atom is -0.313 e. The maximum absolute atomic E-state index is 3.56. The summed E-state index contributed by atoms with van der Waals surface area (Å²) in [6.07, 6.45) is 5.43. The maximum Gasteiger partial charge on any atom is 0.0104 e. The minimum absolute atomic E-state index is 0.858. The molecule has 2 heteroatoms. The van der Waals surface area contributed by atoms with Crippen LogP contribution in [0.1, 0.15) is 39.5 Å². The summed E-state index contributed by atoms with van der Waals surface area (Å²) in [6, 6.07) is 0.858. The summed E-state index contributed by atoms with van der Waals surface area (Å²) < 4.78 is 0. The Kier molecular flexibility index (Phi) is 5.49. The van der Waals surface area contributed by atoms with Crippen molar-refractivity contribution < 1.29 is 0 Å². The summed E-state index contributed by atoms with van der Waals surface area (Å²) in [5.41, 5.74) is 0. The Hall–Kier alpha value is -0.0800. The number of rotatable bonds is 8. The van der Waals surface area contributed by atoms with Crippen LogP contribution >= 0.6 is 0 Å². The molecule has 0 aromatic rings. The lowest BCUT2D eigenvalue weighted by atomic mass is 10.0. The highest BCUT2D eigenvalue weighted by Crippen LogP contribution is 2.18. The predicted molar refractivity (Wildman–Crippen MR) is 62.6 cm³/mol. The zero-order valence-corrected chi connectivity index (χ0v) is 10.1. The van der Waals surface area contributed by atoms with E-state index in [1.54, 1.807) is 0 Å². The fourth-order valence-corrected chi connectivity index (χ4v) is 1.83. The highest BCUT2D eigenvalue weighted by atomic mass is 15.1. The van der Waals surface area contributed by atoms with Crippen molar-refractivity contribution in [3.05, 3.63) is 0 Å². The lowest BCUT2D eigenvalue weighted by Crippen LogP contribution is -2.33. The van der Waals surface area contributed by atoms with Crippen LogP contribution in [0.15, 0.2) is 0 Å². The molecule has 0 bridgehead atoms. The van der Waals surface area contributed by atoms with E-state index in [0.29, 0.717) is 0 Å². The Labute approximate surface area is 89.1 Å². The molecule has 1 fully saturated rings. The first-order chi connectivity index (χ1) is 6.76. The number of hydrogen-bond donors (Lipinski definition) is 1. The molecule has 0 radical (unpaired) electrons. The second kappa shape index (κ2) is 6.41. The van der Waals surface area contributed by atoms with Crippen LogP contribution in [0.25, 0.3) is 0 Å². The predicted octanol–water partition coefficient (Wildman–Crippen LogP) is 2.11. The van der Waals surface area contributed by atoms with Gasteiger partial charge in [-0.3, -0.25) is 0 Å². The van der Waals surface area contributed by atoms with Gasteiger partial charge in [-0.25, -0.2) is 0 Å². The number of likely N-dealkylation sites (N-methyl/N-ethyl adjacent to an activating group) is 1. The smallest absolute Gasteiger partial charge is 0.0104 e. The quantitative estimate of drug-likeness (QED) is 0.642. The number of hydrogen-bond acceptors (Lipinski definition) is 2. The molecule has 1 aliphatic rings. The summed E-state index contributed by atoms with van der Waals surface area (Å²) in [5.74, 6) is 0.890. The molecule has 0 unspecified atom stereocenters. The monoisotopic (exact) mass is 198 g/mol. The van der Waals surface area contributed by atoms with Crippen LogP contribution in [0, 0.1) is 5.92 Å². The highest BCUT2D eigenvalue weighted by Gasteiger charge is 2.19. The Morgan fingerprint density at radius 1 is 1.29 bits per heavy atom. The van der Waals surface area contributed by atoms with Gasteiger partial charge in [0.05, 0.1) is 0 Å². The average molecular weight is 198 g/mol. The topological polar surface area (TPSA) is 15.3 Å². The molecular weight excluding hydrogens is 172 g/mol. The van der Waals surface area contributed by atoms with Gasteiger partial charge in [0.2, 0.25) is 0 Å². The summed E-state index contributed by atoms with van der Waals surface area (Å²) >= 11 is 0. The largest absolute Gasteiger partial charge is 0.313 e. The Bertz CT molecular complexity index is 139. The highest BCUT2D eigenvalue weighted by molar-refractivity contribution is 4.80. The molecule has 2 nitrogen and oxygen atoms in total. The van der Waals surface area contributed by atoms with Crippen LogP contribution in [0.3, 0.4) is 0 Å². The minimum atomic E-state index is 0.858. The van der Waals surface area contributed by atoms with Gasteiger partial charge in [-0.15, -0.1) is 0 Å². The molecule has 0 heterocycles. The molecule has 1 rings (SSSR count). The molecule has 14 heavy (non-hydrogen) atoms. The second-order valence-corrected chi connectivity index (χ2v) is 4.67. The van der Waals surface area contributed by atoms with Crippen LogP contribution in [-0.2, 0) is 0 Å². The van der Waals surface area contributed by atoms with Gasteiger partial charge < -0.3 is 10.2 Å². The van der Waals surface area contributed by atoms with Gasteiger partial charge in [0.15, 0.2) is 0 Å². The van der Waals surface area contributed by atoms with E-state index in [9.17, 15) is 0 Å². The van der Waals surface area contributed by atoms with Crippen LogP contribution in [0.5, 0.6) is 0 Å². The van der Waals surface area contributed by atoms with E-state index in [2.05, 4.69) is 31.1 Å². The van der Waals surface area contributed by atoms with Crippen LogP contribution in [0.2, 0.25) is 0 Å². The Morgan fingerprint density at radius 2 is 1.93 bits per heavy atom. The van der Waals surface area contributed by atoms with Gasteiger partial charge in [0.1, 0.15) is 0 Å². The van der Waals surface area contributed by atoms with Gasteiger partial charge in [-0.2, -0.15) is 0 Å². The van der Waals surface area contributed by atoms with Crippen LogP contribution < -0.4 is 5.32 Å². The lowest BCUT2D eigenvalue weighted by molar-refractivity contribution is 0.266. The fraction of sp³-hybridized carbons (Fsp3) is 1.00. The molecule has 0 spiro atoms. The lowest BCUT2D eigenvalue weighted by Gasteiger charge is -2.22. The zero-order chi connectivity index (χ0) is 10.4. The molecule has 1 N–H and O–H groups in total. The van der Waals surface area contributed by atoms with Gasteiger partial charge in [0, 0.05) is 25.7 Å². The van der Waals surface area contributed by atoms with Crippen molar-refractivity contribution in [1.29, 1.82) is 0 Å². The molecule has 0 aromatic heterocycles. The number of nitrogens with one attached hydrogen (secondary N) is 1. The summed E-state index contributed by atoms with van der Waals surface area (Å²) in [5, 5.41) is 3.56. The van der Waals surface area contributed by atoms with Gasteiger partial charge in [0.25, 0.3) is 0 Å².